The zero-order chi connectivity index (χ0) is 65.6. The van der Waals surface area contributed by atoms with E-state index in [0.717, 1.165) is 75.5 Å². The van der Waals surface area contributed by atoms with E-state index in [0.29, 0.717) is 12.1 Å². The van der Waals surface area contributed by atoms with Gasteiger partial charge in [-0.25, -0.2) is 22.0 Å². The number of pyridine rings is 3. The van der Waals surface area contributed by atoms with Crippen LogP contribution < -0.4 is 32.2 Å². The molecule has 3 saturated carbocycles. The van der Waals surface area contributed by atoms with E-state index < -0.39 is 117 Å². The van der Waals surface area contributed by atoms with Gasteiger partial charge in [0, 0.05) is 85.2 Å². The first-order chi connectivity index (χ1) is 44.5. The smallest absolute Gasteiger partial charge is 0.276 e. The van der Waals surface area contributed by atoms with Crippen LogP contribution in [0, 0.1) is 36.0 Å². The zero-order valence-corrected chi connectivity index (χ0v) is 49.5. The molecule has 6 N–H and O–H groups in total. The summed E-state index contributed by atoms with van der Waals surface area (Å²) in [5.74, 6) is -9.90. The first kappa shape index (κ1) is 64.4. The van der Waals surface area contributed by atoms with Gasteiger partial charge in [-0.15, -0.1) is 0 Å². The third-order valence-corrected chi connectivity index (χ3v) is 18.7. The Hall–Kier alpha value is -9.74. The van der Waals surface area contributed by atoms with Crippen LogP contribution in [0.2, 0.25) is 0 Å². The van der Waals surface area contributed by atoms with E-state index in [1.807, 2.05) is 0 Å². The third kappa shape index (κ3) is 11.7. The summed E-state index contributed by atoms with van der Waals surface area (Å²) in [6.07, 6.45) is 9.59. The highest BCUT2D eigenvalue weighted by Crippen LogP contribution is 2.42. The molecule has 15 rings (SSSR count). The Morgan fingerprint density at radius 2 is 0.755 bits per heavy atom. The lowest BCUT2D eigenvalue weighted by Gasteiger charge is -2.44. The average Bonchev–Trinajstić information content (AvgIpc) is 1.28. The molecule has 6 aliphatic heterocycles. The average molecular weight is 1310 g/mol. The number of amides is 6. The molecule has 494 valence electrons. The number of aromatic nitrogens is 3. The lowest BCUT2D eigenvalue weighted by atomic mass is 10.1. The van der Waals surface area contributed by atoms with Gasteiger partial charge >= 0.3 is 0 Å². The monoisotopic (exact) mass is 1310 g/mol. The van der Waals surface area contributed by atoms with E-state index in [9.17, 15) is 80.4 Å². The molecule has 3 saturated heterocycles. The Labute approximate surface area is 531 Å². The molecule has 6 fully saturated rings. The topological polar surface area (TPSA) is 303 Å². The summed E-state index contributed by atoms with van der Waals surface area (Å²) in [7, 11) is 0. The number of nitrogens with zero attached hydrogens (tertiary/aromatic N) is 6. The molecule has 9 heterocycles. The van der Waals surface area contributed by atoms with Crippen molar-refractivity contribution >= 4 is 35.4 Å². The molecule has 24 nitrogen and oxygen atoms in total. The van der Waals surface area contributed by atoms with Gasteiger partial charge in [0.05, 0.1) is 37.9 Å². The third-order valence-electron chi connectivity index (χ3n) is 18.7. The molecule has 29 heteroatoms. The second-order valence-electron chi connectivity index (χ2n) is 24.5. The Morgan fingerprint density at radius 3 is 1.05 bits per heavy atom. The number of aryl methyl sites for hydroxylation is 1. The molecule has 94 heavy (non-hydrogen) atoms. The van der Waals surface area contributed by atoms with Gasteiger partial charge in [0.1, 0.15) is 45.8 Å². The first-order valence-corrected chi connectivity index (χ1v) is 30.3. The van der Waals surface area contributed by atoms with Crippen molar-refractivity contribution in [2.24, 2.45) is 0 Å². The van der Waals surface area contributed by atoms with Gasteiger partial charge in [0.15, 0.2) is 53.0 Å². The number of carbonyl (C=O) groups excluding carboxylic acids is 6. The number of benzene rings is 3. The molecule has 9 aliphatic rings. The largest absolute Gasteiger partial charge is 0.503 e. The fourth-order valence-corrected chi connectivity index (χ4v) is 14.1. The Balaban J connectivity index is 0.000000135. The Morgan fingerprint density at radius 1 is 0.457 bits per heavy atom. The summed E-state index contributed by atoms with van der Waals surface area (Å²) in [5, 5.41) is 38.7. The summed E-state index contributed by atoms with van der Waals surface area (Å²) >= 11 is 0. The minimum absolute atomic E-state index is 0. The van der Waals surface area contributed by atoms with E-state index in [-0.39, 0.29) is 134 Å². The number of nitrogens with one attached hydrogen (secondary N) is 3. The second kappa shape index (κ2) is 25.3. The lowest BCUT2D eigenvalue weighted by molar-refractivity contribution is -0.132. The van der Waals surface area contributed by atoms with E-state index in [2.05, 4.69) is 16.0 Å². The van der Waals surface area contributed by atoms with Crippen molar-refractivity contribution in [2.75, 3.05) is 0 Å². The van der Waals surface area contributed by atoms with Crippen molar-refractivity contribution in [3.63, 3.8) is 0 Å². The van der Waals surface area contributed by atoms with Crippen LogP contribution in [-0.4, -0.2) is 134 Å². The quantitative estimate of drug-likeness (QED) is 0.100. The van der Waals surface area contributed by atoms with Crippen molar-refractivity contribution < 1.29 is 80.2 Å². The van der Waals surface area contributed by atoms with Crippen LogP contribution >= 0.6 is 0 Å². The van der Waals surface area contributed by atoms with Crippen LogP contribution in [0.1, 0.15) is 150 Å². The van der Waals surface area contributed by atoms with Crippen LogP contribution in [-0.2, 0) is 53.5 Å². The maximum atomic E-state index is 14.0. The summed E-state index contributed by atoms with van der Waals surface area (Å²) in [6, 6.07) is 10.5. The number of rotatable bonds is 9. The molecule has 9 atom stereocenters. The standard InChI is InChI=1S/C22H22FN3O5.2C21H19F2N3O5.CH4/c1-11-2-3-12(16(23)6-11)8-24-21(29)15-9-25-10-17-26(13-4-5-14(7-13)31-17)22(30)18(25)20(28)19(15)27;2*22-11-2-1-10(15(23)5-11)7-24-20(29)14-8-25-9-16-26(12-3-4-13(6-12)31-16)21(30)17(25)19(28)18(14)27;/h2-3,6,9,13-14,17,28H,4-5,7-8,10H2,1H3,(H,24,29);2*1-2,5,8,12-13,16,28H,3-4,6-7,9H2,(H,24,29);1H4/t13-,14+,17+;2*12-,13+,16+;/m111./s1. The van der Waals surface area contributed by atoms with Crippen molar-refractivity contribution in [1.82, 2.24) is 44.4 Å². The SMILES string of the molecule is C.Cc1ccc(CNC(=O)c2cn3c(c(O)c2=O)C(=O)N2[C@@H]4CC[C@@H](C4)O[C@H]2C3)c(F)c1.O=C(NCc1ccc(F)cc1F)c1cn2c(c(O)c1=O)C(=O)N1[C@@H]3CC[C@@H](C3)O[C@H]1C2.O=C(NCc1ccc(F)cc1F)c1cn2c(c(O)c1=O)C(=O)N1[C@@H]3CC[C@@H](C3)O[C@H]1C2. The number of fused-ring (bicyclic) bond motifs is 15. The molecule has 6 aromatic rings. The fraction of sp³-hybridized carbons (Fsp3) is 0.400. The molecule has 3 aromatic heterocycles. The van der Waals surface area contributed by atoms with Crippen molar-refractivity contribution in [3.8, 4) is 17.2 Å². The van der Waals surface area contributed by atoms with Gasteiger partial charge in [0.25, 0.3) is 35.4 Å². The molecule has 3 aliphatic carbocycles. The first-order valence-electron chi connectivity index (χ1n) is 30.3. The van der Waals surface area contributed by atoms with E-state index in [1.54, 1.807) is 33.8 Å². The van der Waals surface area contributed by atoms with E-state index >= 15 is 0 Å². The van der Waals surface area contributed by atoms with Crippen LogP contribution in [0.25, 0.3) is 0 Å². The number of hydrogen-bond acceptors (Lipinski definition) is 15. The number of ether oxygens (including phenoxy) is 3. The van der Waals surface area contributed by atoms with Gasteiger partial charge in [-0.3, -0.25) is 43.2 Å². The highest BCUT2D eigenvalue weighted by Gasteiger charge is 2.51. The van der Waals surface area contributed by atoms with Gasteiger partial charge < -0.3 is 73.9 Å². The van der Waals surface area contributed by atoms with E-state index in [1.165, 1.54) is 50.5 Å². The summed E-state index contributed by atoms with van der Waals surface area (Å²) in [6.45, 7) is 1.64. The predicted octanol–water partition coefficient (Wildman–Crippen LogP) is 5.29. The Bertz CT molecular complexity index is 3920. The molecule has 0 radical (unpaired) electrons. The number of hydrogen-bond donors (Lipinski definition) is 6. The number of halogens is 5. The minimum Gasteiger partial charge on any atom is -0.503 e. The van der Waals surface area contributed by atoms with Crippen molar-refractivity contribution in [1.29, 1.82) is 0 Å². The summed E-state index contributed by atoms with van der Waals surface area (Å²) in [4.78, 5) is 120. The van der Waals surface area contributed by atoms with Gasteiger partial charge in [-0.1, -0.05) is 31.7 Å². The van der Waals surface area contributed by atoms with E-state index in [4.69, 9.17) is 14.2 Å². The maximum Gasteiger partial charge on any atom is 0.276 e. The van der Waals surface area contributed by atoms with Gasteiger partial charge in [-0.05, 0) is 88.5 Å². The zero-order valence-electron chi connectivity index (χ0n) is 49.5. The molecule has 6 amide bonds. The lowest BCUT2D eigenvalue weighted by Crippen LogP contribution is -2.57. The minimum atomic E-state index is -0.989. The highest BCUT2D eigenvalue weighted by molar-refractivity contribution is 6.01. The van der Waals surface area contributed by atoms with Crippen LogP contribution in [0.4, 0.5) is 22.0 Å². The van der Waals surface area contributed by atoms with Gasteiger partial charge in [0.2, 0.25) is 16.3 Å². The molecule has 0 unspecified atom stereocenters. The van der Waals surface area contributed by atoms with Gasteiger partial charge in [-0.2, -0.15) is 0 Å². The predicted molar refractivity (Wildman–Crippen MR) is 319 cm³/mol. The number of aromatic hydroxyl groups is 3. The molecular formula is C65H64F5N9O15. The number of carbonyl (C=O) groups is 6. The molecule has 3 aromatic carbocycles. The van der Waals surface area contributed by atoms with Crippen LogP contribution in [0.3, 0.4) is 0 Å². The summed E-state index contributed by atoms with van der Waals surface area (Å²) in [5.41, 5.74) is -3.36. The highest BCUT2D eigenvalue weighted by atomic mass is 19.1. The summed E-state index contributed by atoms with van der Waals surface area (Å²) < 4.78 is 89.7. The van der Waals surface area contributed by atoms with Crippen molar-refractivity contribution in [3.05, 3.63) is 189 Å². The molecular weight excluding hydrogens is 1240 g/mol. The molecule has 0 spiro atoms. The Kier molecular flexibility index (Phi) is 17.3. The van der Waals surface area contributed by atoms with Crippen molar-refractivity contribution in [2.45, 2.75) is 167 Å². The maximum absolute atomic E-state index is 14.0. The molecule has 6 bridgehead atoms. The van der Waals surface area contributed by atoms with Crippen LogP contribution in [0.5, 0.6) is 17.2 Å². The second-order valence-corrected chi connectivity index (χ2v) is 24.5. The normalized spacial score (nSPS) is 23.7. The van der Waals surface area contributed by atoms with Crippen LogP contribution in [0.15, 0.2) is 87.6 Å². The fourth-order valence-electron chi connectivity index (χ4n) is 14.1.